The van der Waals surface area contributed by atoms with E-state index in [-0.39, 0.29) is 5.54 Å². The number of benzene rings is 1. The van der Waals surface area contributed by atoms with Crippen LogP contribution in [0, 0.1) is 0 Å². The fourth-order valence-corrected chi connectivity index (χ4v) is 3.69. The molecule has 2 heteroatoms. The molecule has 0 radical (unpaired) electrons. The lowest BCUT2D eigenvalue weighted by atomic mass is 9.85. The summed E-state index contributed by atoms with van der Waals surface area (Å²) >= 11 is 1.83. The zero-order chi connectivity index (χ0) is 11.0. The van der Waals surface area contributed by atoms with Gasteiger partial charge in [0.05, 0.1) is 10.6 Å². The first-order chi connectivity index (χ1) is 7.84. The van der Waals surface area contributed by atoms with Gasteiger partial charge in [0.25, 0.3) is 0 Å². The lowest BCUT2D eigenvalue weighted by Gasteiger charge is -2.31. The van der Waals surface area contributed by atoms with Crippen molar-refractivity contribution < 1.29 is 0 Å². The minimum absolute atomic E-state index is 0.146. The molecule has 0 saturated carbocycles. The van der Waals surface area contributed by atoms with E-state index in [1.54, 1.807) is 0 Å². The summed E-state index contributed by atoms with van der Waals surface area (Å²) in [6, 6.07) is 8.87. The molecule has 1 heterocycles. The first-order valence-corrected chi connectivity index (χ1v) is 7.28. The Balaban J connectivity index is 2.07. The van der Waals surface area contributed by atoms with Crippen molar-refractivity contribution in [3.8, 4) is 0 Å². The third-order valence-corrected chi connectivity index (χ3v) is 4.65. The molecule has 84 valence electrons. The quantitative estimate of drug-likeness (QED) is 0.662. The molecule has 0 fully saturated rings. The number of aryl methyl sites for hydroxylation is 1. The zero-order valence-electron chi connectivity index (χ0n) is 9.70. The predicted molar refractivity (Wildman–Crippen MR) is 71.2 cm³/mol. The van der Waals surface area contributed by atoms with Gasteiger partial charge >= 0.3 is 0 Å². The molecule has 1 aliphatic carbocycles. The summed E-state index contributed by atoms with van der Waals surface area (Å²) in [5.74, 6) is 0. The summed E-state index contributed by atoms with van der Waals surface area (Å²) < 4.78 is 0. The molecular weight excluding hydrogens is 214 g/mol. The summed E-state index contributed by atoms with van der Waals surface area (Å²) in [6.07, 6.45) is 8.31. The molecule has 1 unspecified atom stereocenters. The van der Waals surface area contributed by atoms with E-state index in [1.807, 2.05) is 11.8 Å². The molecular formula is C14H17NS. The van der Waals surface area contributed by atoms with Gasteiger partial charge in [0.15, 0.2) is 0 Å². The average molecular weight is 231 g/mol. The second-order valence-corrected chi connectivity index (χ2v) is 5.63. The average Bonchev–Trinajstić information content (AvgIpc) is 2.69. The summed E-state index contributed by atoms with van der Waals surface area (Å²) in [5, 5.41) is 1.35. The third-order valence-electron chi connectivity index (χ3n) is 3.88. The highest BCUT2D eigenvalue weighted by Crippen LogP contribution is 2.46. The topological polar surface area (TPSA) is 12.4 Å². The van der Waals surface area contributed by atoms with Crippen molar-refractivity contribution in [1.29, 1.82) is 0 Å². The number of hydrogen-bond acceptors (Lipinski definition) is 2. The highest BCUT2D eigenvalue weighted by molar-refractivity contribution is 8.13. The van der Waals surface area contributed by atoms with Gasteiger partial charge in [0.1, 0.15) is 0 Å². The van der Waals surface area contributed by atoms with Gasteiger partial charge in [-0.05, 0) is 49.5 Å². The molecule has 0 aromatic heterocycles. The van der Waals surface area contributed by atoms with Crippen molar-refractivity contribution in [3.63, 3.8) is 0 Å². The Morgan fingerprint density at radius 1 is 1.19 bits per heavy atom. The Morgan fingerprint density at radius 2 is 2.06 bits per heavy atom. The van der Waals surface area contributed by atoms with Crippen LogP contribution in [0.3, 0.4) is 0 Å². The molecule has 0 amide bonds. The highest BCUT2D eigenvalue weighted by Gasteiger charge is 2.39. The molecule has 1 aromatic carbocycles. The highest BCUT2D eigenvalue weighted by atomic mass is 32.2. The van der Waals surface area contributed by atoms with E-state index in [0.717, 1.165) is 0 Å². The van der Waals surface area contributed by atoms with Crippen LogP contribution < -0.4 is 0 Å². The van der Waals surface area contributed by atoms with E-state index in [2.05, 4.69) is 30.5 Å². The molecule has 0 saturated heterocycles. The van der Waals surface area contributed by atoms with Crippen molar-refractivity contribution in [1.82, 2.24) is 0 Å². The van der Waals surface area contributed by atoms with E-state index < -0.39 is 0 Å². The summed E-state index contributed by atoms with van der Waals surface area (Å²) in [4.78, 5) is 5.05. The maximum absolute atomic E-state index is 5.05. The van der Waals surface area contributed by atoms with Crippen LogP contribution in [0.1, 0.15) is 36.8 Å². The van der Waals surface area contributed by atoms with Crippen molar-refractivity contribution in [3.05, 3.63) is 35.4 Å². The third kappa shape index (κ3) is 1.51. The van der Waals surface area contributed by atoms with Crippen molar-refractivity contribution >= 4 is 16.8 Å². The fourth-order valence-electron chi connectivity index (χ4n) is 3.07. The van der Waals surface area contributed by atoms with Gasteiger partial charge in [-0.3, -0.25) is 4.99 Å². The predicted octanol–water partition coefficient (Wildman–Crippen LogP) is 3.77. The summed E-state index contributed by atoms with van der Waals surface area (Å²) in [5.41, 5.74) is 3.17. The molecule has 16 heavy (non-hydrogen) atoms. The number of nitrogens with zero attached hydrogens (tertiary/aromatic N) is 1. The van der Waals surface area contributed by atoms with Gasteiger partial charge in [0, 0.05) is 0 Å². The van der Waals surface area contributed by atoms with Crippen LogP contribution >= 0.6 is 11.8 Å². The van der Waals surface area contributed by atoms with E-state index in [0.29, 0.717) is 0 Å². The van der Waals surface area contributed by atoms with Crippen LogP contribution in [-0.4, -0.2) is 11.3 Å². The van der Waals surface area contributed by atoms with Gasteiger partial charge in [-0.25, -0.2) is 0 Å². The van der Waals surface area contributed by atoms with Crippen LogP contribution in [0.4, 0.5) is 0 Å². The monoisotopic (exact) mass is 231 g/mol. The Labute approximate surface area is 101 Å². The number of thioether (sulfide) groups is 1. The van der Waals surface area contributed by atoms with Crippen LogP contribution in [0.5, 0.6) is 0 Å². The summed E-state index contributed by atoms with van der Waals surface area (Å²) in [7, 11) is 0. The second-order valence-electron chi connectivity index (χ2n) is 4.75. The van der Waals surface area contributed by atoms with Crippen molar-refractivity contribution in [2.24, 2.45) is 4.99 Å². The van der Waals surface area contributed by atoms with Gasteiger partial charge in [-0.2, -0.15) is 0 Å². The molecule has 3 rings (SSSR count). The molecule has 1 atom stereocenters. The standard InChI is InChI=1S/C14H17NS/c1-16-13-7-4-9-14(15-13)10-8-11-5-2-3-6-12(11)14/h2-3,5-6H,4,7-10H2,1H3. The second kappa shape index (κ2) is 3.92. The van der Waals surface area contributed by atoms with Crippen LogP contribution in [0.15, 0.2) is 29.3 Å². The lowest BCUT2D eigenvalue weighted by molar-refractivity contribution is 0.387. The number of fused-ring (bicyclic) bond motifs is 2. The Kier molecular flexibility index (Phi) is 2.55. The number of aliphatic imine (C=N–C) groups is 1. The van der Waals surface area contributed by atoms with E-state index in [1.165, 1.54) is 48.3 Å². The first kappa shape index (κ1) is 10.4. The largest absolute Gasteiger partial charge is 0.272 e. The van der Waals surface area contributed by atoms with Gasteiger partial charge in [-0.1, -0.05) is 24.3 Å². The van der Waals surface area contributed by atoms with E-state index in [4.69, 9.17) is 4.99 Å². The normalized spacial score (nSPS) is 27.9. The molecule has 1 nitrogen and oxygen atoms in total. The summed E-state index contributed by atoms with van der Waals surface area (Å²) in [6.45, 7) is 0. The Hall–Kier alpha value is -0.760. The molecule has 1 spiro atoms. The maximum Gasteiger partial charge on any atom is 0.0871 e. The SMILES string of the molecule is CSC1=NC2(CCC1)CCc1ccccc12. The van der Waals surface area contributed by atoms with Crippen LogP contribution in [0.2, 0.25) is 0 Å². The minimum Gasteiger partial charge on any atom is -0.272 e. The molecule has 1 aromatic rings. The minimum atomic E-state index is 0.146. The van der Waals surface area contributed by atoms with Gasteiger partial charge < -0.3 is 0 Å². The van der Waals surface area contributed by atoms with Gasteiger partial charge in [-0.15, -0.1) is 11.8 Å². The van der Waals surface area contributed by atoms with Gasteiger partial charge in [0.2, 0.25) is 0 Å². The molecule has 0 bridgehead atoms. The van der Waals surface area contributed by atoms with Crippen molar-refractivity contribution in [2.75, 3.05) is 6.26 Å². The molecule has 2 aliphatic rings. The van der Waals surface area contributed by atoms with Crippen LogP contribution in [-0.2, 0) is 12.0 Å². The maximum atomic E-state index is 5.05. The van der Waals surface area contributed by atoms with E-state index in [9.17, 15) is 0 Å². The molecule has 0 N–H and O–H groups in total. The number of rotatable bonds is 0. The Morgan fingerprint density at radius 3 is 2.94 bits per heavy atom. The van der Waals surface area contributed by atoms with E-state index >= 15 is 0 Å². The lowest BCUT2D eigenvalue weighted by Crippen LogP contribution is -2.25. The smallest absolute Gasteiger partial charge is 0.0871 e. The van der Waals surface area contributed by atoms with Crippen LogP contribution in [0.25, 0.3) is 0 Å². The first-order valence-electron chi connectivity index (χ1n) is 6.05. The van der Waals surface area contributed by atoms with Crippen molar-refractivity contribution in [2.45, 2.75) is 37.6 Å². The molecule has 1 aliphatic heterocycles. The Bertz CT molecular complexity index is 438. The fraction of sp³-hybridized carbons (Fsp3) is 0.500. The number of hydrogen-bond donors (Lipinski definition) is 0. The zero-order valence-corrected chi connectivity index (χ0v) is 10.5.